The summed E-state index contributed by atoms with van der Waals surface area (Å²) in [5.74, 6) is -5.44. The molecule has 2 saturated heterocycles. The van der Waals surface area contributed by atoms with Gasteiger partial charge in [-0.25, -0.2) is 4.79 Å². The van der Waals surface area contributed by atoms with Crippen LogP contribution in [-0.2, 0) is 52.4 Å². The van der Waals surface area contributed by atoms with E-state index in [-0.39, 0.29) is 18.4 Å². The Labute approximate surface area is 250 Å². The molecule has 12 atom stereocenters. The molecule has 1 saturated carbocycles. The van der Waals surface area contributed by atoms with Gasteiger partial charge in [-0.15, -0.1) is 0 Å². The standard InChI is InChI=1S/C30H42O13/c1-9-10-21(35)41-19-11-13(2)23(36)26-30(29(8,43-30)27(37)42-26)25(40-17(6)33)22-14(3)18(34)12-20(38-15(4)31)28(22,7)24(19)39-16(5)32/h11,14,18-20,22-26,34,36H,9-10,12H2,1-8H3/b13-11+/t14-,18-,19-,20-,22+,23-,24-,25-,26-,28-,29-,30+/m0/s1. The van der Waals surface area contributed by atoms with E-state index in [1.807, 2.05) is 0 Å². The number of epoxide rings is 1. The van der Waals surface area contributed by atoms with Gasteiger partial charge in [0.15, 0.2) is 29.5 Å². The van der Waals surface area contributed by atoms with E-state index >= 15 is 0 Å². The fourth-order valence-corrected chi connectivity index (χ4v) is 7.53. The Hall–Kier alpha value is -3.03. The fraction of sp³-hybridized carbons (Fsp3) is 0.767. The van der Waals surface area contributed by atoms with Crippen molar-refractivity contribution in [3.63, 3.8) is 0 Å². The van der Waals surface area contributed by atoms with E-state index in [9.17, 15) is 34.2 Å². The molecule has 240 valence electrons. The van der Waals surface area contributed by atoms with Crippen molar-refractivity contribution in [2.75, 3.05) is 0 Å². The molecule has 1 spiro atoms. The summed E-state index contributed by atoms with van der Waals surface area (Å²) in [6, 6.07) is 0. The number of aliphatic hydroxyl groups is 2. The molecule has 0 radical (unpaired) electrons. The molecule has 2 aliphatic heterocycles. The van der Waals surface area contributed by atoms with Crippen molar-refractivity contribution in [1.82, 2.24) is 0 Å². The molecule has 0 bridgehead atoms. The molecule has 0 aromatic heterocycles. The van der Waals surface area contributed by atoms with Crippen LogP contribution in [0.4, 0.5) is 0 Å². The molecule has 4 rings (SSSR count). The number of hydrogen-bond donors (Lipinski definition) is 2. The van der Waals surface area contributed by atoms with Crippen molar-refractivity contribution in [2.45, 2.75) is 129 Å². The number of carbonyl (C=O) groups excluding carboxylic acids is 5. The van der Waals surface area contributed by atoms with Crippen molar-refractivity contribution in [3.8, 4) is 0 Å². The number of esters is 5. The van der Waals surface area contributed by atoms with Gasteiger partial charge in [0.05, 0.1) is 11.5 Å². The molecular formula is C30H42O13. The zero-order valence-corrected chi connectivity index (χ0v) is 25.8. The van der Waals surface area contributed by atoms with Gasteiger partial charge in [-0.05, 0) is 37.8 Å². The minimum absolute atomic E-state index is 0.0347. The smallest absolute Gasteiger partial charge is 0.342 e. The van der Waals surface area contributed by atoms with Gasteiger partial charge in [0, 0.05) is 39.5 Å². The molecule has 4 aliphatic rings. The minimum atomic E-state index is -1.73. The van der Waals surface area contributed by atoms with Gasteiger partial charge in [-0.3, -0.25) is 19.2 Å². The van der Waals surface area contributed by atoms with Crippen LogP contribution in [0.2, 0.25) is 0 Å². The van der Waals surface area contributed by atoms with Crippen LogP contribution in [0.3, 0.4) is 0 Å². The molecule has 2 heterocycles. The SMILES string of the molecule is CCCC(=O)O[C@H]1/C=C(\C)[C@H](O)[C@@H]2OC(=O)[C@]3(C)O[C@]23[C@@H](OC(C)=O)[C@H]2[C@@H](C)[C@@H](O)C[C@H](OC(C)=O)[C@]2(C)[C@H]1OC(C)=O. The Morgan fingerprint density at radius 1 is 0.977 bits per heavy atom. The lowest BCUT2D eigenvalue weighted by molar-refractivity contribution is -0.244. The Balaban J connectivity index is 2.08. The van der Waals surface area contributed by atoms with Crippen molar-refractivity contribution in [2.24, 2.45) is 17.3 Å². The summed E-state index contributed by atoms with van der Waals surface area (Å²) >= 11 is 0. The molecule has 13 heteroatoms. The van der Waals surface area contributed by atoms with Gasteiger partial charge in [0.25, 0.3) is 0 Å². The van der Waals surface area contributed by atoms with Crippen LogP contribution in [0, 0.1) is 17.3 Å². The van der Waals surface area contributed by atoms with Crippen LogP contribution >= 0.6 is 0 Å². The first kappa shape index (κ1) is 32.9. The van der Waals surface area contributed by atoms with E-state index in [4.69, 9.17) is 28.4 Å². The summed E-state index contributed by atoms with van der Waals surface area (Å²) in [6.45, 7) is 11.6. The lowest BCUT2D eigenvalue weighted by atomic mass is 9.53. The van der Waals surface area contributed by atoms with Gasteiger partial charge >= 0.3 is 29.8 Å². The summed E-state index contributed by atoms with van der Waals surface area (Å²) in [5, 5.41) is 22.9. The molecule has 0 unspecified atom stereocenters. The topological polar surface area (TPSA) is 184 Å². The summed E-state index contributed by atoms with van der Waals surface area (Å²) in [4.78, 5) is 64.0. The Kier molecular flexibility index (Phi) is 8.77. The van der Waals surface area contributed by atoms with E-state index in [2.05, 4.69) is 0 Å². The van der Waals surface area contributed by atoms with Gasteiger partial charge in [0.2, 0.25) is 0 Å². The number of rotatable bonds is 6. The predicted octanol–water partition coefficient (Wildman–Crippen LogP) is 1.29. The Morgan fingerprint density at radius 3 is 2.09 bits per heavy atom. The van der Waals surface area contributed by atoms with Crippen LogP contribution < -0.4 is 0 Å². The highest BCUT2D eigenvalue weighted by Gasteiger charge is 2.88. The maximum absolute atomic E-state index is 13.2. The largest absolute Gasteiger partial charge is 0.462 e. The van der Waals surface area contributed by atoms with E-state index in [0.717, 1.165) is 6.92 Å². The Morgan fingerprint density at radius 2 is 1.56 bits per heavy atom. The highest BCUT2D eigenvalue weighted by Crippen LogP contribution is 2.66. The maximum atomic E-state index is 13.2. The van der Waals surface area contributed by atoms with Gasteiger partial charge in [-0.1, -0.05) is 20.8 Å². The second-order valence-corrected chi connectivity index (χ2v) is 12.5. The molecule has 2 N–H and O–H groups in total. The number of aliphatic hydroxyl groups excluding tert-OH is 2. The zero-order chi connectivity index (χ0) is 32.2. The number of carbonyl (C=O) groups is 5. The highest BCUT2D eigenvalue weighted by molar-refractivity contribution is 5.89. The molecule has 3 fully saturated rings. The molecule has 0 aromatic carbocycles. The minimum Gasteiger partial charge on any atom is -0.462 e. The highest BCUT2D eigenvalue weighted by atomic mass is 16.7. The fourth-order valence-electron chi connectivity index (χ4n) is 7.53. The molecule has 2 aliphatic carbocycles. The first-order valence-electron chi connectivity index (χ1n) is 14.6. The maximum Gasteiger partial charge on any atom is 0.342 e. The Bertz CT molecular complexity index is 1210. The average Bonchev–Trinajstić information content (AvgIpc) is 3.47. The summed E-state index contributed by atoms with van der Waals surface area (Å²) in [7, 11) is 0. The normalized spacial score (nSPS) is 44.7. The quantitative estimate of drug-likeness (QED) is 0.190. The number of hydrogen-bond acceptors (Lipinski definition) is 13. The lowest BCUT2D eigenvalue weighted by Crippen LogP contribution is -2.68. The lowest BCUT2D eigenvalue weighted by Gasteiger charge is -2.57. The van der Waals surface area contributed by atoms with Crippen LogP contribution in [-0.4, -0.2) is 94.0 Å². The van der Waals surface area contributed by atoms with E-state index in [1.165, 1.54) is 33.8 Å². The molecule has 43 heavy (non-hydrogen) atoms. The van der Waals surface area contributed by atoms with Crippen LogP contribution in [0.5, 0.6) is 0 Å². The van der Waals surface area contributed by atoms with Gasteiger partial charge in [0.1, 0.15) is 18.3 Å². The van der Waals surface area contributed by atoms with Crippen LogP contribution in [0.1, 0.15) is 74.7 Å². The van der Waals surface area contributed by atoms with Crippen molar-refractivity contribution in [3.05, 3.63) is 11.6 Å². The number of ether oxygens (including phenoxy) is 6. The zero-order valence-electron chi connectivity index (χ0n) is 25.8. The molecule has 0 amide bonds. The monoisotopic (exact) mass is 610 g/mol. The number of fused-ring (bicyclic) bond motifs is 1. The predicted molar refractivity (Wildman–Crippen MR) is 145 cm³/mol. The molecule has 0 aromatic rings. The first-order valence-corrected chi connectivity index (χ1v) is 14.6. The van der Waals surface area contributed by atoms with Gasteiger partial charge in [-0.2, -0.15) is 0 Å². The summed E-state index contributed by atoms with van der Waals surface area (Å²) in [5.41, 5.74) is -4.71. The third-order valence-corrected chi connectivity index (χ3v) is 9.62. The van der Waals surface area contributed by atoms with Gasteiger partial charge < -0.3 is 38.6 Å². The molecular weight excluding hydrogens is 568 g/mol. The van der Waals surface area contributed by atoms with E-state index < -0.39 is 101 Å². The van der Waals surface area contributed by atoms with E-state index in [0.29, 0.717) is 6.42 Å². The van der Waals surface area contributed by atoms with Crippen LogP contribution in [0.25, 0.3) is 0 Å². The molecule has 13 nitrogen and oxygen atoms in total. The first-order chi connectivity index (χ1) is 19.9. The van der Waals surface area contributed by atoms with Crippen LogP contribution in [0.15, 0.2) is 11.6 Å². The second-order valence-electron chi connectivity index (χ2n) is 12.5. The second kappa shape index (κ2) is 11.5. The summed E-state index contributed by atoms with van der Waals surface area (Å²) in [6.07, 6.45) is -7.47. The van der Waals surface area contributed by atoms with Crippen molar-refractivity contribution < 1.29 is 62.6 Å². The van der Waals surface area contributed by atoms with Crippen molar-refractivity contribution in [1.29, 1.82) is 0 Å². The average molecular weight is 611 g/mol. The summed E-state index contributed by atoms with van der Waals surface area (Å²) < 4.78 is 35.4. The third kappa shape index (κ3) is 5.22. The van der Waals surface area contributed by atoms with Crippen molar-refractivity contribution >= 4 is 29.8 Å². The van der Waals surface area contributed by atoms with E-state index in [1.54, 1.807) is 20.8 Å². The third-order valence-electron chi connectivity index (χ3n) is 9.62.